The zero-order valence-corrected chi connectivity index (χ0v) is 90.8. The SMILES string of the molecule is CCCCCCc1ccc(-c2ccc(-c3ccc(-c4c(F)c(F)c(-c5ccc(-c6cc7c(-c8ccc(CC(CC)CCCC)s8)c8sc(-c9ccc(-c%10c(F)c(F)c(-c%11ccc(-c%12ccc(-c%13ccc(CCCCCC)s%13)s%12)s%11)c%11nn(CC(CCCC)CCCCCC)nc%10%11)s9)cc8c(-c8ccc(CC(CC)CCCC)s8)c7s6)s5)c5nn(CC(CCCC)CCCCCC)nc45)s3)s2)s1. The van der Waals surface area contributed by atoms with E-state index in [1.807, 2.05) is 69.6 Å². The number of nitrogens with zero attached hydrogens (tertiary/aromatic N) is 6. The number of benzene rings is 3. The first-order chi connectivity index (χ1) is 66.6. The van der Waals surface area contributed by atoms with Crippen LogP contribution in [0.5, 0.6) is 0 Å². The predicted molar refractivity (Wildman–Crippen MR) is 596 cm³/mol. The van der Waals surface area contributed by atoms with Crippen molar-refractivity contribution in [2.24, 2.45) is 23.7 Å². The van der Waals surface area contributed by atoms with Gasteiger partial charge in [-0.1, -0.05) is 236 Å². The van der Waals surface area contributed by atoms with E-state index in [1.54, 1.807) is 54.9 Å². The Labute approximate surface area is 852 Å². The van der Waals surface area contributed by atoms with Gasteiger partial charge in [-0.2, -0.15) is 30.0 Å². The molecule has 4 atom stereocenters. The molecule has 14 aromatic heterocycles. The van der Waals surface area contributed by atoms with Crippen molar-refractivity contribution in [2.75, 3.05) is 0 Å². The molecule has 0 spiro atoms. The second-order valence-corrected chi connectivity index (χ2v) is 51.0. The Bertz CT molecular complexity index is 6300. The van der Waals surface area contributed by atoms with Gasteiger partial charge < -0.3 is 0 Å². The Balaban J connectivity index is 0.782. The number of unbranched alkanes of at least 4 members (excludes halogenated alkanes) is 16. The second kappa shape index (κ2) is 48.2. The smallest absolute Gasteiger partial charge is 0.170 e. The third-order valence-electron chi connectivity index (χ3n) is 27.5. The molecule has 0 N–H and O–H groups in total. The molecule has 22 heteroatoms. The Morgan fingerprint density at radius 3 is 0.772 bits per heavy atom. The van der Waals surface area contributed by atoms with E-state index in [-0.39, 0.29) is 22.3 Å². The van der Waals surface area contributed by atoms with Gasteiger partial charge in [-0.3, -0.25) is 0 Å². The van der Waals surface area contributed by atoms with Crippen LogP contribution in [0.3, 0.4) is 0 Å². The molecule has 0 aliphatic rings. The van der Waals surface area contributed by atoms with Crippen molar-refractivity contribution in [1.29, 1.82) is 0 Å². The zero-order valence-electron chi connectivity index (χ0n) is 81.0. The van der Waals surface area contributed by atoms with E-state index in [2.05, 4.69) is 178 Å². The van der Waals surface area contributed by atoms with E-state index in [0.29, 0.717) is 78.3 Å². The summed E-state index contributed by atoms with van der Waals surface area (Å²) in [5.41, 5.74) is 4.52. The van der Waals surface area contributed by atoms with Gasteiger partial charge in [-0.25, -0.2) is 17.6 Å². The first-order valence-electron chi connectivity index (χ1n) is 51.1. The number of halogens is 4. The first-order valence-corrected chi connectivity index (χ1v) is 60.9. The number of aryl methyl sites for hydroxylation is 2. The van der Waals surface area contributed by atoms with Crippen LogP contribution in [0.2, 0.25) is 0 Å². The fourth-order valence-corrected chi connectivity index (χ4v) is 33.5. The molecular formula is C114H132F4N6S12. The number of thiophene rings is 12. The highest BCUT2D eigenvalue weighted by atomic mass is 32.1. The van der Waals surface area contributed by atoms with Crippen molar-refractivity contribution in [3.8, 4) is 121 Å². The largest absolute Gasteiger partial charge is 0.203 e. The average Bonchev–Trinajstić information content (AvgIpc) is 1.54. The summed E-state index contributed by atoms with van der Waals surface area (Å²) in [6, 6.07) is 48.3. The molecular weight excluding hydrogens is 1910 g/mol. The molecule has 0 aliphatic heterocycles. The van der Waals surface area contributed by atoms with Gasteiger partial charge in [0.15, 0.2) is 23.3 Å². The van der Waals surface area contributed by atoms with Crippen LogP contribution in [0.1, 0.15) is 294 Å². The van der Waals surface area contributed by atoms with Crippen LogP contribution < -0.4 is 0 Å². The Morgan fingerprint density at radius 1 is 0.228 bits per heavy atom. The van der Waals surface area contributed by atoms with Crippen LogP contribution in [0, 0.1) is 46.9 Å². The van der Waals surface area contributed by atoms with E-state index >= 15 is 17.6 Å². The highest BCUT2D eigenvalue weighted by molar-refractivity contribution is 7.31. The summed E-state index contributed by atoms with van der Waals surface area (Å²) in [7, 11) is 0. The summed E-state index contributed by atoms with van der Waals surface area (Å²) in [4.78, 5) is 27.1. The first kappa shape index (κ1) is 101. The van der Waals surface area contributed by atoms with Crippen LogP contribution in [-0.2, 0) is 38.8 Å². The van der Waals surface area contributed by atoms with Crippen LogP contribution >= 0.6 is 136 Å². The topological polar surface area (TPSA) is 61.4 Å². The highest BCUT2D eigenvalue weighted by Crippen LogP contribution is 2.58. The van der Waals surface area contributed by atoms with Gasteiger partial charge in [-0.05, 0) is 221 Å². The molecule has 3 aromatic carbocycles. The molecule has 0 amide bonds. The quantitative estimate of drug-likeness (QED) is 0.0282. The number of fused-ring (bicyclic) bond motifs is 4. The number of aromatic nitrogens is 6. The minimum Gasteiger partial charge on any atom is -0.203 e. The molecule has 0 bridgehead atoms. The molecule has 17 rings (SSSR count). The van der Waals surface area contributed by atoms with Gasteiger partial charge >= 0.3 is 0 Å². The normalized spacial score (nSPS) is 13.0. The van der Waals surface area contributed by atoms with E-state index in [4.69, 9.17) is 20.4 Å². The maximum Gasteiger partial charge on any atom is 0.170 e. The lowest BCUT2D eigenvalue weighted by Gasteiger charge is -2.15. The number of rotatable bonds is 54. The van der Waals surface area contributed by atoms with E-state index < -0.39 is 23.3 Å². The van der Waals surface area contributed by atoms with Crippen molar-refractivity contribution < 1.29 is 17.6 Å². The lowest BCUT2D eigenvalue weighted by Crippen LogP contribution is -2.13. The second-order valence-electron chi connectivity index (χ2n) is 37.7. The van der Waals surface area contributed by atoms with Crippen molar-refractivity contribution in [1.82, 2.24) is 30.0 Å². The monoisotopic (exact) mass is 2040 g/mol. The van der Waals surface area contributed by atoms with Crippen LogP contribution in [-0.4, -0.2) is 30.0 Å². The van der Waals surface area contributed by atoms with E-state index in [1.165, 1.54) is 217 Å². The summed E-state index contributed by atoms with van der Waals surface area (Å²) in [6.07, 6.45) is 41.3. The van der Waals surface area contributed by atoms with Gasteiger partial charge in [0, 0.05) is 139 Å². The summed E-state index contributed by atoms with van der Waals surface area (Å²) in [5, 5.41) is 23.5. The Morgan fingerprint density at radius 2 is 0.463 bits per heavy atom. The van der Waals surface area contributed by atoms with Crippen LogP contribution in [0.15, 0.2) is 133 Å². The number of hydrogen-bond donors (Lipinski definition) is 0. The van der Waals surface area contributed by atoms with Crippen molar-refractivity contribution in [3.63, 3.8) is 0 Å². The molecule has 14 heterocycles. The average molecular weight is 2050 g/mol. The van der Waals surface area contributed by atoms with Crippen LogP contribution in [0.4, 0.5) is 17.6 Å². The van der Waals surface area contributed by atoms with Gasteiger partial charge in [-0.15, -0.1) is 136 Å². The van der Waals surface area contributed by atoms with Gasteiger partial charge in [0.25, 0.3) is 0 Å². The lowest BCUT2D eigenvalue weighted by molar-refractivity contribution is 0.330. The maximum absolute atomic E-state index is 18.4. The summed E-state index contributed by atoms with van der Waals surface area (Å²) in [6.45, 7) is 23.9. The zero-order chi connectivity index (χ0) is 94.3. The molecule has 0 saturated carbocycles. The Kier molecular flexibility index (Phi) is 35.7. The molecule has 718 valence electrons. The highest BCUT2D eigenvalue weighted by Gasteiger charge is 2.34. The maximum atomic E-state index is 18.4. The standard InChI is InChI=1S/C114H132F4N6S12/c1-11-21-29-33-41-73(39-27-17-7)69-123-119-109-101(93-61-57-87(131-93)85-55-53-83(129-85)81-49-45-75(125-81)43-35-31-23-13-3)105(115)107(117)103(111(109)121-123)95-63-59-89(133-95)97-67-79-99(91-51-47-77(127-91)65-71(19-9)37-25-15-5)114-80(100(113(79)135-97)92-52-48-78(128-92)66-72(20-10)38-26-16-6)68-98(136-114)90-60-64-96(134-90)104-108(118)106(116)102(110-112(104)122-124(120-110)70-74(40-28-18-8)42-34-30-22-12-2)94-62-58-88(132-94)86-56-54-84(130-86)82-50-46-76(126-82)44-36-32-24-14-4/h45-64,67-68,71-74H,11-44,65-66,69-70H2,1-10H3. The van der Waals surface area contributed by atoms with Crippen molar-refractivity contribution in [2.45, 2.75) is 313 Å². The molecule has 0 saturated heterocycles. The van der Waals surface area contributed by atoms with Crippen LogP contribution in [0.25, 0.3) is 163 Å². The molecule has 0 radical (unpaired) electrons. The molecule has 0 aliphatic carbocycles. The minimum absolute atomic E-state index is 0.150. The third kappa shape index (κ3) is 23.2. The van der Waals surface area contributed by atoms with Crippen molar-refractivity contribution >= 4 is 178 Å². The molecule has 6 nitrogen and oxygen atoms in total. The van der Waals surface area contributed by atoms with Gasteiger partial charge in [0.1, 0.15) is 22.1 Å². The fourth-order valence-electron chi connectivity index (χ4n) is 19.7. The molecule has 0 fully saturated rings. The number of hydrogen-bond acceptors (Lipinski definition) is 16. The fraction of sp³-hybridized carbons (Fsp3) is 0.456. The minimum atomic E-state index is -0.910. The molecule has 4 unspecified atom stereocenters. The molecule has 17 aromatic rings. The van der Waals surface area contributed by atoms with Crippen molar-refractivity contribution in [3.05, 3.63) is 176 Å². The third-order valence-corrected chi connectivity index (χ3v) is 42.1. The Hall–Kier alpha value is -6.90. The van der Waals surface area contributed by atoms with E-state index in [9.17, 15) is 0 Å². The summed E-state index contributed by atoms with van der Waals surface area (Å²) in [5.74, 6) is -1.87. The predicted octanol–water partition coefficient (Wildman–Crippen LogP) is 42.1. The molecule has 136 heavy (non-hydrogen) atoms. The lowest BCUT2D eigenvalue weighted by atomic mass is 9.95. The van der Waals surface area contributed by atoms with E-state index in [0.717, 1.165) is 178 Å². The van der Waals surface area contributed by atoms with Gasteiger partial charge in [0.2, 0.25) is 0 Å². The summed E-state index contributed by atoms with van der Waals surface area (Å²) < 4.78 is 75.5. The van der Waals surface area contributed by atoms with Gasteiger partial charge in [0.05, 0.1) is 35.3 Å². The summed E-state index contributed by atoms with van der Waals surface area (Å²) >= 11 is 20.6.